The second-order valence-electron chi connectivity index (χ2n) is 8.65. The zero-order valence-electron chi connectivity index (χ0n) is 18.8. The molecule has 2 N–H and O–H groups in total. The number of nitrogens with zero attached hydrogens (tertiary/aromatic N) is 1. The molecule has 0 bridgehead atoms. The number of aryl methyl sites for hydroxylation is 1. The van der Waals surface area contributed by atoms with Gasteiger partial charge in [0.15, 0.2) is 5.13 Å². The minimum absolute atomic E-state index is 0.120. The van der Waals surface area contributed by atoms with Crippen LogP contribution in [0.5, 0.6) is 0 Å². The number of fused-ring (bicyclic) bond motifs is 1. The maximum atomic E-state index is 12.8. The summed E-state index contributed by atoms with van der Waals surface area (Å²) in [6.07, 6.45) is -3.83. The van der Waals surface area contributed by atoms with Crippen LogP contribution in [0.4, 0.5) is 24.0 Å². The normalized spacial score (nSPS) is 17.1. The Labute approximate surface area is 213 Å². The number of anilines is 2. The van der Waals surface area contributed by atoms with Crippen LogP contribution in [0.2, 0.25) is 5.02 Å². The summed E-state index contributed by atoms with van der Waals surface area (Å²) < 4.78 is 39.0. The molecule has 1 heterocycles. The Morgan fingerprint density at radius 2 is 1.81 bits per heavy atom. The zero-order valence-corrected chi connectivity index (χ0v) is 20.4. The Kier molecular flexibility index (Phi) is 6.22. The topological polar surface area (TPSA) is 71.1 Å². The number of nitrogens with one attached hydrogen (secondary N) is 2. The van der Waals surface area contributed by atoms with Crippen molar-refractivity contribution in [3.8, 4) is 0 Å². The molecule has 0 aliphatic heterocycles. The SMILES string of the molecule is Cc1cccc(Cl)c1NC(=O)c1ccc2nc(NC(=O)[C@@H]3C[C@H]3c3ccc(C(F)(F)F)cc3)sc2c1. The fraction of sp³-hybridized carbons (Fsp3) is 0.192. The number of amides is 2. The van der Waals surface area contributed by atoms with E-state index in [0.29, 0.717) is 38.9 Å². The quantitative estimate of drug-likeness (QED) is 0.285. The molecule has 0 radical (unpaired) electrons. The van der Waals surface area contributed by atoms with E-state index < -0.39 is 11.7 Å². The van der Waals surface area contributed by atoms with Crippen LogP contribution in [0.1, 0.15) is 39.4 Å². The van der Waals surface area contributed by atoms with Gasteiger partial charge in [-0.15, -0.1) is 0 Å². The van der Waals surface area contributed by atoms with Crippen molar-refractivity contribution in [2.24, 2.45) is 5.92 Å². The summed E-state index contributed by atoms with van der Waals surface area (Å²) in [5, 5.41) is 6.48. The number of rotatable bonds is 5. The van der Waals surface area contributed by atoms with E-state index in [2.05, 4.69) is 15.6 Å². The van der Waals surface area contributed by atoms with Crippen LogP contribution in [0, 0.1) is 12.8 Å². The molecule has 36 heavy (non-hydrogen) atoms. The zero-order chi connectivity index (χ0) is 25.6. The van der Waals surface area contributed by atoms with E-state index in [0.717, 1.165) is 22.4 Å². The Balaban J connectivity index is 1.25. The van der Waals surface area contributed by atoms with Gasteiger partial charge in [0.05, 0.1) is 26.5 Å². The summed E-state index contributed by atoms with van der Waals surface area (Å²) in [5.74, 6) is -0.991. The van der Waals surface area contributed by atoms with Crippen LogP contribution in [0.3, 0.4) is 0 Å². The lowest BCUT2D eigenvalue weighted by atomic mass is 10.1. The first-order valence-corrected chi connectivity index (χ1v) is 12.2. The summed E-state index contributed by atoms with van der Waals surface area (Å²) in [4.78, 5) is 29.9. The Morgan fingerprint density at radius 1 is 1.06 bits per heavy atom. The number of hydrogen-bond acceptors (Lipinski definition) is 4. The molecule has 2 atom stereocenters. The van der Waals surface area contributed by atoms with Crippen molar-refractivity contribution in [2.45, 2.75) is 25.4 Å². The van der Waals surface area contributed by atoms with Crippen molar-refractivity contribution in [2.75, 3.05) is 10.6 Å². The van der Waals surface area contributed by atoms with Crippen molar-refractivity contribution in [1.82, 2.24) is 4.98 Å². The van der Waals surface area contributed by atoms with Crippen LogP contribution >= 0.6 is 22.9 Å². The first-order valence-electron chi connectivity index (χ1n) is 11.1. The van der Waals surface area contributed by atoms with Crippen molar-refractivity contribution >= 4 is 55.8 Å². The molecule has 1 fully saturated rings. The van der Waals surface area contributed by atoms with Crippen LogP contribution in [-0.4, -0.2) is 16.8 Å². The monoisotopic (exact) mass is 529 g/mol. The van der Waals surface area contributed by atoms with Gasteiger partial charge < -0.3 is 10.6 Å². The molecule has 4 aromatic rings. The van der Waals surface area contributed by atoms with Gasteiger partial charge in [-0.3, -0.25) is 9.59 Å². The standard InChI is InChI=1S/C26H19ClF3N3O2S/c1-13-3-2-4-19(27)22(13)32-23(34)15-7-10-20-21(11-15)36-25(31-20)33-24(35)18-12-17(18)14-5-8-16(9-6-14)26(28,29)30/h2-11,17-18H,12H2,1H3,(H,32,34)(H,31,33,35)/t17-,18+/m0/s1. The maximum absolute atomic E-state index is 12.8. The summed E-state index contributed by atoms with van der Waals surface area (Å²) in [5.41, 5.74) is 2.45. The number of thiazole rings is 1. The molecule has 5 rings (SSSR count). The van der Waals surface area contributed by atoms with E-state index >= 15 is 0 Å². The highest BCUT2D eigenvalue weighted by Gasteiger charge is 2.44. The summed E-state index contributed by atoms with van der Waals surface area (Å²) in [6.45, 7) is 1.85. The second-order valence-corrected chi connectivity index (χ2v) is 10.1. The van der Waals surface area contributed by atoms with Gasteiger partial charge in [0.2, 0.25) is 5.91 Å². The molecule has 1 saturated carbocycles. The number of carbonyl (C=O) groups excluding carboxylic acids is 2. The van der Waals surface area contributed by atoms with Crippen LogP contribution < -0.4 is 10.6 Å². The van der Waals surface area contributed by atoms with Gasteiger partial charge in [-0.05, 0) is 66.8 Å². The van der Waals surface area contributed by atoms with E-state index in [1.807, 2.05) is 13.0 Å². The maximum Gasteiger partial charge on any atom is 0.416 e. The lowest BCUT2D eigenvalue weighted by Gasteiger charge is -2.10. The molecule has 2 amide bonds. The Morgan fingerprint density at radius 3 is 2.50 bits per heavy atom. The minimum Gasteiger partial charge on any atom is -0.320 e. The highest BCUT2D eigenvalue weighted by Crippen LogP contribution is 2.48. The van der Waals surface area contributed by atoms with Gasteiger partial charge in [0, 0.05) is 11.5 Å². The molecule has 1 aliphatic rings. The number of carbonyl (C=O) groups is 2. The molecule has 184 valence electrons. The van der Waals surface area contributed by atoms with Crippen molar-refractivity contribution in [3.63, 3.8) is 0 Å². The van der Waals surface area contributed by atoms with Crippen LogP contribution in [0.15, 0.2) is 60.7 Å². The predicted octanol–water partition coefficient (Wildman–Crippen LogP) is 7.27. The number of para-hydroxylation sites is 1. The highest BCUT2D eigenvalue weighted by molar-refractivity contribution is 7.22. The molecular weight excluding hydrogens is 511 g/mol. The van der Waals surface area contributed by atoms with E-state index in [-0.39, 0.29) is 23.7 Å². The van der Waals surface area contributed by atoms with Crippen molar-refractivity contribution in [1.29, 1.82) is 0 Å². The van der Waals surface area contributed by atoms with E-state index in [4.69, 9.17) is 11.6 Å². The van der Waals surface area contributed by atoms with Gasteiger partial charge in [-0.2, -0.15) is 13.2 Å². The molecule has 1 aromatic heterocycles. The third kappa shape index (κ3) is 4.94. The third-order valence-electron chi connectivity index (χ3n) is 6.13. The summed E-state index contributed by atoms with van der Waals surface area (Å²) >= 11 is 7.45. The van der Waals surface area contributed by atoms with Gasteiger partial charge in [0.25, 0.3) is 5.91 Å². The first-order chi connectivity index (χ1) is 17.1. The van der Waals surface area contributed by atoms with Gasteiger partial charge in [-0.25, -0.2) is 4.98 Å². The van der Waals surface area contributed by atoms with E-state index in [9.17, 15) is 22.8 Å². The molecule has 0 unspecified atom stereocenters. The number of halogens is 4. The third-order valence-corrected chi connectivity index (χ3v) is 7.38. The van der Waals surface area contributed by atoms with Crippen LogP contribution in [-0.2, 0) is 11.0 Å². The predicted molar refractivity (Wildman–Crippen MR) is 135 cm³/mol. The molecule has 1 aliphatic carbocycles. The van der Waals surface area contributed by atoms with Gasteiger partial charge in [-0.1, -0.05) is 47.2 Å². The molecular formula is C26H19ClF3N3O2S. The largest absolute Gasteiger partial charge is 0.416 e. The molecule has 10 heteroatoms. The molecule has 3 aromatic carbocycles. The Hall–Kier alpha value is -3.43. The first kappa shape index (κ1) is 24.3. The fourth-order valence-electron chi connectivity index (χ4n) is 4.07. The Bertz CT molecular complexity index is 1460. The van der Waals surface area contributed by atoms with E-state index in [1.165, 1.54) is 23.5 Å². The number of aromatic nitrogens is 1. The van der Waals surface area contributed by atoms with Gasteiger partial charge >= 0.3 is 6.18 Å². The average molecular weight is 530 g/mol. The molecule has 0 spiro atoms. The summed E-state index contributed by atoms with van der Waals surface area (Å²) in [7, 11) is 0. The van der Waals surface area contributed by atoms with Crippen molar-refractivity contribution in [3.05, 3.63) is 87.9 Å². The van der Waals surface area contributed by atoms with Crippen molar-refractivity contribution < 1.29 is 22.8 Å². The number of benzene rings is 3. The fourth-order valence-corrected chi connectivity index (χ4v) is 5.24. The minimum atomic E-state index is -4.39. The molecule has 0 saturated heterocycles. The summed E-state index contributed by atoms with van der Waals surface area (Å²) in [6, 6.07) is 15.3. The number of alkyl halides is 3. The highest BCUT2D eigenvalue weighted by atomic mass is 35.5. The lowest BCUT2D eigenvalue weighted by molar-refractivity contribution is -0.137. The number of hydrogen-bond donors (Lipinski definition) is 2. The average Bonchev–Trinajstić information content (AvgIpc) is 3.54. The van der Waals surface area contributed by atoms with E-state index in [1.54, 1.807) is 30.3 Å². The lowest BCUT2D eigenvalue weighted by Crippen LogP contribution is -2.14. The molecule has 5 nitrogen and oxygen atoms in total. The smallest absolute Gasteiger partial charge is 0.320 e. The second kappa shape index (κ2) is 9.22. The van der Waals surface area contributed by atoms with Crippen LogP contribution in [0.25, 0.3) is 10.2 Å². The van der Waals surface area contributed by atoms with Gasteiger partial charge in [0.1, 0.15) is 0 Å².